The summed E-state index contributed by atoms with van der Waals surface area (Å²) in [7, 11) is 0. The van der Waals surface area contributed by atoms with Crippen LogP contribution in [0.25, 0.3) is 0 Å². The minimum atomic E-state index is -2.48. The lowest BCUT2D eigenvalue weighted by Crippen LogP contribution is -2.65. The molecule has 1 saturated heterocycles. The molecule has 0 aromatic rings. The van der Waals surface area contributed by atoms with Gasteiger partial charge >= 0.3 is 0 Å². The van der Waals surface area contributed by atoms with Crippen molar-refractivity contribution >= 4 is 17.7 Å². The molecule has 0 spiro atoms. The molecule has 164 valence electrons. The van der Waals surface area contributed by atoms with Crippen LogP contribution >= 0.6 is 0 Å². The fourth-order valence-corrected chi connectivity index (χ4v) is 3.15. The van der Waals surface area contributed by atoms with E-state index in [2.05, 4.69) is 5.43 Å². The van der Waals surface area contributed by atoms with Gasteiger partial charge in [0.2, 0.25) is 0 Å². The largest absolute Gasteiger partial charge is 0.295 e. The molecule has 1 aliphatic rings. The van der Waals surface area contributed by atoms with Crippen LogP contribution in [0, 0.1) is 16.7 Å². The Morgan fingerprint density at radius 1 is 0.862 bits per heavy atom. The zero-order valence-corrected chi connectivity index (χ0v) is 20.0. The van der Waals surface area contributed by atoms with Crippen LogP contribution in [0.2, 0.25) is 0 Å². The third-order valence-corrected chi connectivity index (χ3v) is 4.31. The minimum absolute atomic E-state index is 0.530. The molecule has 0 atom stereocenters. The molecule has 0 aromatic carbocycles. The fourth-order valence-electron chi connectivity index (χ4n) is 3.15. The molecule has 1 N–H and O–H groups in total. The lowest BCUT2D eigenvalue weighted by molar-refractivity contribution is -0.170. The van der Waals surface area contributed by atoms with Crippen molar-refractivity contribution in [2.75, 3.05) is 0 Å². The number of hydrogen-bond acceptors (Lipinski definition) is 5. The van der Waals surface area contributed by atoms with Gasteiger partial charge < -0.3 is 0 Å². The van der Waals surface area contributed by atoms with Gasteiger partial charge in [-0.05, 0) is 83.1 Å². The third kappa shape index (κ3) is 4.40. The molecule has 0 unspecified atom stereocenters. The average Bonchev–Trinajstić information content (AvgIpc) is 2.70. The number of amides is 3. The molecular formula is C21H37N5O3. The van der Waals surface area contributed by atoms with Crippen molar-refractivity contribution in [3.8, 4) is 6.07 Å². The van der Waals surface area contributed by atoms with Gasteiger partial charge in [-0.2, -0.15) is 5.26 Å². The van der Waals surface area contributed by atoms with Gasteiger partial charge in [-0.3, -0.25) is 19.4 Å². The predicted octanol–water partition coefficient (Wildman–Crippen LogP) is 2.61. The summed E-state index contributed by atoms with van der Waals surface area (Å²) >= 11 is 0. The minimum Gasteiger partial charge on any atom is -0.270 e. The Morgan fingerprint density at radius 2 is 1.21 bits per heavy atom. The van der Waals surface area contributed by atoms with Crippen molar-refractivity contribution in [2.24, 2.45) is 5.41 Å². The van der Waals surface area contributed by atoms with Crippen LogP contribution in [-0.4, -0.2) is 54.9 Å². The van der Waals surface area contributed by atoms with E-state index in [9.17, 15) is 19.6 Å². The van der Waals surface area contributed by atoms with E-state index in [0.29, 0.717) is 0 Å². The number of nitriles is 1. The van der Waals surface area contributed by atoms with Gasteiger partial charge in [-0.25, -0.2) is 15.4 Å². The summed E-state index contributed by atoms with van der Waals surface area (Å²) in [5.74, 6) is -2.50. The van der Waals surface area contributed by atoms with Crippen molar-refractivity contribution in [3.63, 3.8) is 0 Å². The summed E-state index contributed by atoms with van der Waals surface area (Å²) < 4.78 is 0. The first kappa shape index (κ1) is 24.9. The van der Waals surface area contributed by atoms with E-state index < -0.39 is 45.3 Å². The summed E-state index contributed by atoms with van der Waals surface area (Å²) in [6.45, 7) is 21.5. The molecule has 29 heavy (non-hydrogen) atoms. The lowest BCUT2D eigenvalue weighted by atomic mass is 9.85. The molecule has 0 aliphatic carbocycles. The zero-order chi connectivity index (χ0) is 23.4. The van der Waals surface area contributed by atoms with Crippen LogP contribution in [-0.2, 0) is 14.4 Å². The van der Waals surface area contributed by atoms with Gasteiger partial charge in [0.1, 0.15) is 0 Å². The number of hydrogen-bond donors (Lipinski definition) is 1. The molecule has 0 aromatic heterocycles. The SMILES string of the molecule is CC(C)(C)NN(C(=O)C1(C#N)C(=O)N(C(C)(C)C)N(C(C)(C)C)C1=O)C(C)(C)C. The van der Waals surface area contributed by atoms with Crippen molar-refractivity contribution in [3.05, 3.63) is 0 Å². The van der Waals surface area contributed by atoms with Crippen LogP contribution in [0.4, 0.5) is 0 Å². The molecule has 0 bridgehead atoms. The molecular weight excluding hydrogens is 370 g/mol. The maximum Gasteiger partial charge on any atom is 0.295 e. The summed E-state index contributed by atoms with van der Waals surface area (Å²) in [4.78, 5) is 40.9. The van der Waals surface area contributed by atoms with Gasteiger partial charge in [0.05, 0.1) is 22.7 Å². The highest BCUT2D eigenvalue weighted by molar-refractivity contribution is 6.28. The quantitative estimate of drug-likeness (QED) is 0.561. The van der Waals surface area contributed by atoms with Crippen LogP contribution in [0.3, 0.4) is 0 Å². The van der Waals surface area contributed by atoms with E-state index in [1.807, 2.05) is 20.8 Å². The molecule has 0 radical (unpaired) electrons. The molecule has 3 amide bonds. The van der Waals surface area contributed by atoms with Gasteiger partial charge in [0, 0.05) is 5.54 Å². The maximum absolute atomic E-state index is 13.7. The predicted molar refractivity (Wildman–Crippen MR) is 111 cm³/mol. The van der Waals surface area contributed by atoms with Crippen molar-refractivity contribution in [1.82, 2.24) is 20.5 Å². The van der Waals surface area contributed by atoms with E-state index in [1.165, 1.54) is 15.0 Å². The Labute approximate surface area is 175 Å². The van der Waals surface area contributed by atoms with E-state index in [1.54, 1.807) is 68.4 Å². The molecule has 8 heteroatoms. The van der Waals surface area contributed by atoms with Crippen molar-refractivity contribution in [1.29, 1.82) is 5.26 Å². The van der Waals surface area contributed by atoms with Crippen LogP contribution in [0.1, 0.15) is 83.1 Å². The maximum atomic E-state index is 13.7. The van der Waals surface area contributed by atoms with Gasteiger partial charge in [-0.1, -0.05) is 0 Å². The topological polar surface area (TPSA) is 96.8 Å². The molecule has 1 rings (SSSR count). The van der Waals surface area contributed by atoms with Crippen LogP contribution in [0.5, 0.6) is 0 Å². The number of carbonyl (C=O) groups excluding carboxylic acids is 3. The Kier molecular flexibility index (Phi) is 5.99. The Bertz CT molecular complexity index is 707. The molecule has 1 heterocycles. The standard InChI is InChI=1S/C21H37N5O3/c1-17(2,3)23-24(18(4,5)6)14(27)21(13-22)15(28)25(19(7,8)9)26(16(21)29)20(10,11)12/h23H,1-12H3. The Morgan fingerprint density at radius 3 is 1.41 bits per heavy atom. The van der Waals surface area contributed by atoms with Crippen LogP contribution in [0.15, 0.2) is 0 Å². The second kappa shape index (κ2) is 6.98. The fraction of sp³-hybridized carbons (Fsp3) is 0.810. The molecule has 1 fully saturated rings. The first-order chi connectivity index (χ1) is 12.6. The summed E-state index contributed by atoms with van der Waals surface area (Å²) in [6, 6.07) is 1.81. The summed E-state index contributed by atoms with van der Waals surface area (Å²) in [5, 5.41) is 13.9. The average molecular weight is 408 g/mol. The zero-order valence-electron chi connectivity index (χ0n) is 20.0. The molecule has 1 aliphatic heterocycles. The first-order valence-corrected chi connectivity index (χ1v) is 9.85. The number of nitrogens with one attached hydrogen (secondary N) is 1. The number of nitrogens with zero attached hydrogens (tertiary/aromatic N) is 4. The Balaban J connectivity index is 3.76. The van der Waals surface area contributed by atoms with Gasteiger partial charge in [0.15, 0.2) is 0 Å². The molecule has 8 nitrogen and oxygen atoms in total. The number of carbonyl (C=O) groups is 3. The second-order valence-corrected chi connectivity index (χ2v) is 11.6. The monoisotopic (exact) mass is 407 g/mol. The van der Waals surface area contributed by atoms with Crippen molar-refractivity contribution < 1.29 is 14.4 Å². The third-order valence-electron chi connectivity index (χ3n) is 4.31. The van der Waals surface area contributed by atoms with Gasteiger partial charge in [0.25, 0.3) is 23.1 Å². The van der Waals surface area contributed by atoms with Crippen LogP contribution < -0.4 is 5.43 Å². The number of hydrazine groups is 2. The summed E-state index contributed by atoms with van der Waals surface area (Å²) in [6.07, 6.45) is 0. The smallest absolute Gasteiger partial charge is 0.270 e. The number of rotatable bonds is 2. The summed E-state index contributed by atoms with van der Waals surface area (Å²) in [5.41, 5.74) is -2.33. The highest BCUT2D eigenvalue weighted by Gasteiger charge is 2.69. The van der Waals surface area contributed by atoms with E-state index in [4.69, 9.17) is 0 Å². The normalized spacial score (nSPS) is 18.2. The van der Waals surface area contributed by atoms with Gasteiger partial charge in [-0.15, -0.1) is 0 Å². The van der Waals surface area contributed by atoms with E-state index >= 15 is 0 Å². The van der Waals surface area contributed by atoms with E-state index in [0.717, 1.165) is 0 Å². The first-order valence-electron chi connectivity index (χ1n) is 9.85. The lowest BCUT2D eigenvalue weighted by Gasteiger charge is -2.44. The highest BCUT2D eigenvalue weighted by Crippen LogP contribution is 2.42. The van der Waals surface area contributed by atoms with Crippen molar-refractivity contribution in [2.45, 2.75) is 105 Å². The Hall–Kier alpha value is -2.14. The highest BCUT2D eigenvalue weighted by atomic mass is 16.2. The molecule has 0 saturated carbocycles. The van der Waals surface area contributed by atoms with E-state index in [-0.39, 0.29) is 0 Å². The second-order valence-electron chi connectivity index (χ2n) is 11.6.